The number of hydrogen-bond donors (Lipinski definition) is 0. The first-order valence-electron chi connectivity index (χ1n) is 6.80. The van der Waals surface area contributed by atoms with Crippen LogP contribution in [0, 0.1) is 0 Å². The third-order valence-electron chi connectivity index (χ3n) is 3.82. The van der Waals surface area contributed by atoms with Gasteiger partial charge >= 0.3 is 0 Å². The molecule has 0 spiro atoms. The highest BCUT2D eigenvalue weighted by atomic mass is 16.5. The number of ether oxygens (including phenoxy) is 1. The van der Waals surface area contributed by atoms with Gasteiger partial charge in [-0.15, -0.1) is 0 Å². The number of nitrogens with zero attached hydrogens (tertiary/aromatic N) is 2. The molecule has 0 atom stereocenters. The fourth-order valence-electron chi connectivity index (χ4n) is 2.65. The molecule has 0 saturated carbocycles. The second-order valence-electron chi connectivity index (χ2n) is 5.41. The van der Waals surface area contributed by atoms with E-state index in [0.29, 0.717) is 12.0 Å². The Balaban J connectivity index is 1.98. The van der Waals surface area contributed by atoms with Crippen molar-refractivity contribution in [2.45, 2.75) is 38.6 Å². The lowest BCUT2D eigenvalue weighted by Gasteiger charge is -2.23. The van der Waals surface area contributed by atoms with E-state index in [0.717, 1.165) is 26.1 Å². The van der Waals surface area contributed by atoms with Crippen LogP contribution in [-0.2, 0) is 4.74 Å². The van der Waals surface area contributed by atoms with E-state index in [-0.39, 0.29) is 0 Å². The summed E-state index contributed by atoms with van der Waals surface area (Å²) in [7, 11) is 0. The minimum Gasteiger partial charge on any atom is -0.381 e. The van der Waals surface area contributed by atoms with Crippen LogP contribution < -0.4 is 0 Å². The Kier molecular flexibility index (Phi) is 3.08. The first-order chi connectivity index (χ1) is 8.75. The molecule has 3 nitrogen and oxygen atoms in total. The molecule has 1 saturated heterocycles. The van der Waals surface area contributed by atoms with Gasteiger partial charge in [0, 0.05) is 18.6 Å². The fourth-order valence-corrected chi connectivity index (χ4v) is 2.65. The fraction of sp³-hybridized carbons (Fsp3) is 0.533. The average Bonchev–Trinajstić information content (AvgIpc) is 2.82. The van der Waals surface area contributed by atoms with Crippen molar-refractivity contribution in [3.63, 3.8) is 0 Å². The Bertz CT molecular complexity index is 538. The third kappa shape index (κ3) is 2.03. The Hall–Kier alpha value is -1.35. The van der Waals surface area contributed by atoms with Crippen molar-refractivity contribution in [1.29, 1.82) is 0 Å². The van der Waals surface area contributed by atoms with Gasteiger partial charge < -0.3 is 4.74 Å². The van der Waals surface area contributed by atoms with Gasteiger partial charge in [0.15, 0.2) is 0 Å². The molecule has 0 unspecified atom stereocenters. The van der Waals surface area contributed by atoms with Gasteiger partial charge in [-0.3, -0.25) is 4.68 Å². The van der Waals surface area contributed by atoms with Gasteiger partial charge in [-0.25, -0.2) is 0 Å². The standard InChI is InChI=1S/C15H20N2O/c1-11(2)12-3-4-15-13(9-12)10-16-17(15)14-5-7-18-8-6-14/h3-4,9-11,14H,5-8H2,1-2H3. The molecule has 1 aromatic heterocycles. The van der Waals surface area contributed by atoms with Crippen molar-refractivity contribution in [2.24, 2.45) is 0 Å². The second kappa shape index (κ2) is 4.73. The number of rotatable bonds is 2. The van der Waals surface area contributed by atoms with Crippen LogP contribution in [0.2, 0.25) is 0 Å². The summed E-state index contributed by atoms with van der Waals surface area (Å²) in [5.41, 5.74) is 2.64. The van der Waals surface area contributed by atoms with E-state index in [1.165, 1.54) is 16.5 Å². The van der Waals surface area contributed by atoms with E-state index < -0.39 is 0 Å². The van der Waals surface area contributed by atoms with Crippen LogP contribution in [0.4, 0.5) is 0 Å². The molecule has 0 aliphatic carbocycles. The topological polar surface area (TPSA) is 27.1 Å². The van der Waals surface area contributed by atoms with Crippen LogP contribution in [0.1, 0.15) is 44.2 Å². The van der Waals surface area contributed by atoms with Crippen molar-refractivity contribution >= 4 is 10.9 Å². The molecule has 1 aromatic carbocycles. The van der Waals surface area contributed by atoms with E-state index in [1.807, 2.05) is 6.20 Å². The molecule has 1 aliphatic rings. The van der Waals surface area contributed by atoms with Crippen LogP contribution in [0.5, 0.6) is 0 Å². The van der Waals surface area contributed by atoms with E-state index in [1.54, 1.807) is 0 Å². The lowest BCUT2D eigenvalue weighted by molar-refractivity contribution is 0.0675. The normalized spacial score (nSPS) is 17.7. The van der Waals surface area contributed by atoms with E-state index in [9.17, 15) is 0 Å². The molecule has 1 aliphatic heterocycles. The van der Waals surface area contributed by atoms with Crippen LogP contribution in [0.25, 0.3) is 10.9 Å². The lowest BCUT2D eigenvalue weighted by Crippen LogP contribution is -2.20. The summed E-state index contributed by atoms with van der Waals surface area (Å²) in [5, 5.41) is 5.84. The molecular formula is C15H20N2O. The highest BCUT2D eigenvalue weighted by molar-refractivity contribution is 5.79. The highest BCUT2D eigenvalue weighted by Gasteiger charge is 2.18. The Morgan fingerprint density at radius 3 is 2.78 bits per heavy atom. The van der Waals surface area contributed by atoms with Crippen LogP contribution >= 0.6 is 0 Å². The molecule has 2 heterocycles. The first kappa shape index (κ1) is 11.7. The van der Waals surface area contributed by atoms with Crippen molar-refractivity contribution < 1.29 is 4.74 Å². The van der Waals surface area contributed by atoms with Crippen molar-refractivity contribution in [3.8, 4) is 0 Å². The third-order valence-corrected chi connectivity index (χ3v) is 3.82. The van der Waals surface area contributed by atoms with Gasteiger partial charge in [0.25, 0.3) is 0 Å². The summed E-state index contributed by atoms with van der Waals surface area (Å²) >= 11 is 0. The molecule has 2 aromatic rings. The molecule has 18 heavy (non-hydrogen) atoms. The summed E-state index contributed by atoms with van der Waals surface area (Å²) < 4.78 is 7.60. The van der Waals surface area contributed by atoms with E-state index >= 15 is 0 Å². The molecule has 0 radical (unpaired) electrons. The van der Waals surface area contributed by atoms with Crippen molar-refractivity contribution in [2.75, 3.05) is 13.2 Å². The SMILES string of the molecule is CC(C)c1ccc2c(cnn2C2CCOCC2)c1. The van der Waals surface area contributed by atoms with Gasteiger partial charge in [0.2, 0.25) is 0 Å². The maximum atomic E-state index is 5.42. The minimum atomic E-state index is 0.501. The van der Waals surface area contributed by atoms with Gasteiger partial charge in [0.05, 0.1) is 17.8 Å². The zero-order valence-corrected chi connectivity index (χ0v) is 11.1. The first-order valence-corrected chi connectivity index (χ1v) is 6.80. The van der Waals surface area contributed by atoms with Crippen LogP contribution in [-0.4, -0.2) is 23.0 Å². The molecule has 1 fully saturated rings. The van der Waals surface area contributed by atoms with Gasteiger partial charge in [-0.1, -0.05) is 19.9 Å². The minimum absolute atomic E-state index is 0.501. The molecular weight excluding hydrogens is 224 g/mol. The van der Waals surface area contributed by atoms with E-state index in [2.05, 4.69) is 41.8 Å². The van der Waals surface area contributed by atoms with Gasteiger partial charge in [0.1, 0.15) is 0 Å². The van der Waals surface area contributed by atoms with Crippen molar-refractivity contribution in [3.05, 3.63) is 30.0 Å². The van der Waals surface area contributed by atoms with Crippen molar-refractivity contribution in [1.82, 2.24) is 9.78 Å². The summed E-state index contributed by atoms with van der Waals surface area (Å²) in [5.74, 6) is 0.570. The Morgan fingerprint density at radius 1 is 1.28 bits per heavy atom. The molecule has 3 heteroatoms. The Labute approximate surface area is 108 Å². The van der Waals surface area contributed by atoms with Gasteiger partial charge in [-0.05, 0) is 36.5 Å². The molecule has 96 valence electrons. The maximum Gasteiger partial charge on any atom is 0.0685 e. The summed E-state index contributed by atoms with van der Waals surface area (Å²) in [6.07, 6.45) is 4.14. The molecule has 0 bridgehead atoms. The van der Waals surface area contributed by atoms with Crippen LogP contribution in [0.15, 0.2) is 24.4 Å². The largest absolute Gasteiger partial charge is 0.381 e. The summed E-state index contributed by atoms with van der Waals surface area (Å²) in [6, 6.07) is 7.21. The predicted octanol–water partition coefficient (Wildman–Crippen LogP) is 3.51. The molecule has 0 amide bonds. The highest BCUT2D eigenvalue weighted by Crippen LogP contribution is 2.27. The van der Waals surface area contributed by atoms with Gasteiger partial charge in [-0.2, -0.15) is 5.10 Å². The Morgan fingerprint density at radius 2 is 2.06 bits per heavy atom. The van der Waals surface area contributed by atoms with E-state index in [4.69, 9.17) is 4.74 Å². The smallest absolute Gasteiger partial charge is 0.0685 e. The monoisotopic (exact) mass is 244 g/mol. The number of hydrogen-bond acceptors (Lipinski definition) is 2. The van der Waals surface area contributed by atoms with Crippen LogP contribution in [0.3, 0.4) is 0 Å². The average molecular weight is 244 g/mol. The summed E-state index contributed by atoms with van der Waals surface area (Å²) in [6.45, 7) is 6.17. The predicted molar refractivity (Wildman–Crippen MR) is 72.9 cm³/mol. The zero-order chi connectivity index (χ0) is 12.5. The lowest BCUT2D eigenvalue weighted by atomic mass is 10.0. The number of benzene rings is 1. The second-order valence-corrected chi connectivity index (χ2v) is 5.41. The quantitative estimate of drug-likeness (QED) is 0.808. The maximum absolute atomic E-state index is 5.42. The number of aromatic nitrogens is 2. The summed E-state index contributed by atoms with van der Waals surface area (Å²) in [4.78, 5) is 0. The molecule has 0 N–H and O–H groups in total. The molecule has 3 rings (SSSR count). The number of fused-ring (bicyclic) bond motifs is 1. The zero-order valence-electron chi connectivity index (χ0n) is 11.1.